The summed E-state index contributed by atoms with van der Waals surface area (Å²) in [5, 5.41) is 2.15. The van der Waals surface area contributed by atoms with Crippen molar-refractivity contribution in [2.24, 2.45) is 11.7 Å². The highest BCUT2D eigenvalue weighted by Crippen LogP contribution is 2.33. The molecule has 19 heavy (non-hydrogen) atoms. The maximum Gasteiger partial charge on any atom is 0.416 e. The van der Waals surface area contributed by atoms with Crippen LogP contribution in [-0.2, 0) is 11.0 Å². The van der Waals surface area contributed by atoms with Gasteiger partial charge in [-0.25, -0.2) is 0 Å². The Bertz CT molecular complexity index is 519. The Morgan fingerprint density at radius 3 is 2.47 bits per heavy atom. The molecule has 1 atom stereocenters. The highest BCUT2D eigenvalue weighted by Gasteiger charge is 2.31. The van der Waals surface area contributed by atoms with Crippen molar-refractivity contribution in [3.05, 3.63) is 28.8 Å². The smallest absolute Gasteiger partial charge is 0.393 e. The Hall–Kier alpha value is -1.34. The quantitative estimate of drug-likeness (QED) is 0.843. The van der Waals surface area contributed by atoms with Crippen molar-refractivity contribution in [1.29, 1.82) is 0 Å². The van der Waals surface area contributed by atoms with E-state index in [1.807, 2.05) is 0 Å². The van der Waals surface area contributed by atoms with Gasteiger partial charge in [-0.15, -0.1) is 0 Å². The molecule has 0 aliphatic carbocycles. The molecule has 0 aromatic heterocycles. The van der Waals surface area contributed by atoms with E-state index in [0.29, 0.717) is 0 Å². The minimum Gasteiger partial charge on any atom is -0.393 e. The maximum atomic E-state index is 12.6. The Balaban J connectivity index is 3.00. The van der Waals surface area contributed by atoms with Crippen LogP contribution >= 0.6 is 23.8 Å². The summed E-state index contributed by atoms with van der Waals surface area (Å²) in [6, 6.07) is 2.77. The number of anilines is 1. The number of alkyl halides is 3. The minimum absolute atomic E-state index is 0.0458. The van der Waals surface area contributed by atoms with Crippen LogP contribution in [0.4, 0.5) is 18.9 Å². The topological polar surface area (TPSA) is 55.1 Å². The molecule has 0 fully saturated rings. The fourth-order valence-corrected chi connectivity index (χ4v) is 1.55. The second-order valence-corrected chi connectivity index (χ2v) is 4.75. The average molecular weight is 311 g/mol. The van der Waals surface area contributed by atoms with Crippen molar-refractivity contribution >= 4 is 40.4 Å². The van der Waals surface area contributed by atoms with Gasteiger partial charge in [0.25, 0.3) is 0 Å². The molecule has 1 aromatic rings. The number of hydrogen-bond acceptors (Lipinski definition) is 2. The zero-order chi connectivity index (χ0) is 14.8. The van der Waals surface area contributed by atoms with Crippen LogP contribution in [0.15, 0.2) is 18.2 Å². The van der Waals surface area contributed by atoms with E-state index in [9.17, 15) is 18.0 Å². The van der Waals surface area contributed by atoms with Crippen LogP contribution in [0.2, 0.25) is 5.02 Å². The van der Waals surface area contributed by atoms with Gasteiger partial charge < -0.3 is 11.1 Å². The first-order chi connectivity index (χ1) is 8.61. The first kappa shape index (κ1) is 15.7. The third kappa shape index (κ3) is 4.36. The van der Waals surface area contributed by atoms with Crippen LogP contribution in [0.25, 0.3) is 0 Å². The van der Waals surface area contributed by atoms with Crippen LogP contribution in [0.3, 0.4) is 0 Å². The number of benzene rings is 1. The fourth-order valence-electron chi connectivity index (χ4n) is 1.21. The molecule has 1 rings (SSSR count). The van der Waals surface area contributed by atoms with E-state index >= 15 is 0 Å². The lowest BCUT2D eigenvalue weighted by Crippen LogP contribution is -2.30. The second kappa shape index (κ2) is 5.75. The summed E-state index contributed by atoms with van der Waals surface area (Å²) in [6.07, 6.45) is -4.54. The molecule has 0 bridgehead atoms. The van der Waals surface area contributed by atoms with Gasteiger partial charge in [-0.05, 0) is 25.1 Å². The molecule has 104 valence electrons. The monoisotopic (exact) mass is 310 g/mol. The Kier molecular flexibility index (Phi) is 4.75. The van der Waals surface area contributed by atoms with Crippen LogP contribution < -0.4 is 11.1 Å². The maximum absolute atomic E-state index is 12.6. The largest absolute Gasteiger partial charge is 0.416 e. The van der Waals surface area contributed by atoms with Gasteiger partial charge in [0, 0.05) is 10.7 Å². The summed E-state index contributed by atoms with van der Waals surface area (Å²) >= 11 is 10.2. The molecule has 0 saturated heterocycles. The number of rotatable bonds is 3. The summed E-state index contributed by atoms with van der Waals surface area (Å²) < 4.78 is 37.7. The molecule has 0 aliphatic rings. The van der Waals surface area contributed by atoms with Gasteiger partial charge in [0.05, 0.1) is 16.5 Å². The molecular formula is C11H10ClF3N2OS. The van der Waals surface area contributed by atoms with E-state index in [1.54, 1.807) is 0 Å². The Morgan fingerprint density at radius 2 is 2.00 bits per heavy atom. The first-order valence-corrected chi connectivity index (χ1v) is 5.88. The van der Waals surface area contributed by atoms with Gasteiger partial charge in [0.1, 0.15) is 0 Å². The zero-order valence-electron chi connectivity index (χ0n) is 9.72. The number of carbonyl (C=O) groups is 1. The van der Waals surface area contributed by atoms with Crippen LogP contribution in [-0.4, -0.2) is 10.9 Å². The van der Waals surface area contributed by atoms with Crippen molar-refractivity contribution in [3.8, 4) is 0 Å². The Morgan fingerprint density at radius 1 is 1.42 bits per heavy atom. The molecule has 3 nitrogen and oxygen atoms in total. The van der Waals surface area contributed by atoms with Crippen molar-refractivity contribution in [3.63, 3.8) is 0 Å². The normalized spacial score (nSPS) is 12.9. The molecular weight excluding hydrogens is 301 g/mol. The highest BCUT2D eigenvalue weighted by atomic mass is 35.5. The number of amides is 1. The van der Waals surface area contributed by atoms with Crippen LogP contribution in [0, 0.1) is 5.92 Å². The number of nitrogens with one attached hydrogen (secondary N) is 1. The number of halogens is 4. The van der Waals surface area contributed by atoms with Gasteiger partial charge in [-0.3, -0.25) is 4.79 Å². The van der Waals surface area contributed by atoms with Gasteiger partial charge in [-0.1, -0.05) is 23.8 Å². The zero-order valence-corrected chi connectivity index (χ0v) is 11.3. The molecule has 0 spiro atoms. The average Bonchev–Trinajstić information content (AvgIpc) is 2.25. The van der Waals surface area contributed by atoms with E-state index in [4.69, 9.17) is 17.3 Å². The molecule has 1 aromatic carbocycles. The van der Waals surface area contributed by atoms with Gasteiger partial charge in [-0.2, -0.15) is 13.2 Å². The molecule has 0 saturated carbocycles. The molecule has 0 heterocycles. The van der Waals surface area contributed by atoms with Crippen LogP contribution in [0.1, 0.15) is 12.5 Å². The highest BCUT2D eigenvalue weighted by molar-refractivity contribution is 7.80. The SMILES string of the molecule is CC(C(=O)Nc1cc(Cl)cc(C(F)(F)F)c1)C(N)=S. The van der Waals surface area contributed by atoms with Gasteiger partial charge >= 0.3 is 6.18 Å². The third-order valence-electron chi connectivity index (χ3n) is 2.31. The van der Waals surface area contributed by atoms with E-state index in [1.165, 1.54) is 13.0 Å². The van der Waals surface area contributed by atoms with Gasteiger partial charge in [0.15, 0.2) is 0 Å². The van der Waals surface area contributed by atoms with Crippen molar-refractivity contribution in [1.82, 2.24) is 0 Å². The van der Waals surface area contributed by atoms with Crippen molar-refractivity contribution in [2.45, 2.75) is 13.1 Å². The number of nitrogens with two attached hydrogens (primary N) is 1. The molecule has 1 amide bonds. The lowest BCUT2D eigenvalue weighted by molar-refractivity contribution is -0.137. The Labute approximate surface area is 117 Å². The predicted molar refractivity (Wildman–Crippen MR) is 71.0 cm³/mol. The second-order valence-electron chi connectivity index (χ2n) is 3.84. The van der Waals surface area contributed by atoms with Crippen LogP contribution in [0.5, 0.6) is 0 Å². The predicted octanol–water partition coefficient (Wildman–Crippen LogP) is 3.22. The van der Waals surface area contributed by atoms with Crippen molar-refractivity contribution in [2.75, 3.05) is 5.32 Å². The third-order valence-corrected chi connectivity index (χ3v) is 2.88. The van der Waals surface area contributed by atoms with Crippen molar-refractivity contribution < 1.29 is 18.0 Å². The first-order valence-electron chi connectivity index (χ1n) is 5.09. The molecule has 8 heteroatoms. The fraction of sp³-hybridized carbons (Fsp3) is 0.273. The molecule has 1 unspecified atom stereocenters. The summed E-state index contributed by atoms with van der Waals surface area (Å²) in [6.45, 7) is 1.45. The summed E-state index contributed by atoms with van der Waals surface area (Å²) in [4.78, 5) is 11.6. The van der Waals surface area contributed by atoms with E-state index < -0.39 is 23.6 Å². The van der Waals surface area contributed by atoms with E-state index in [-0.39, 0.29) is 15.7 Å². The number of hydrogen-bond donors (Lipinski definition) is 2. The summed E-state index contributed by atoms with van der Waals surface area (Å²) in [7, 11) is 0. The summed E-state index contributed by atoms with van der Waals surface area (Å²) in [5.74, 6) is -1.38. The number of carbonyl (C=O) groups excluding carboxylic acids is 1. The standard InChI is InChI=1S/C11H10ClF3N2OS/c1-5(9(16)19)10(18)17-8-3-6(11(13,14)15)2-7(12)4-8/h2-5H,1H3,(H2,16,19)(H,17,18). The van der Waals surface area contributed by atoms with Gasteiger partial charge in [0.2, 0.25) is 5.91 Å². The molecule has 0 radical (unpaired) electrons. The number of thiocarbonyl (C=S) groups is 1. The summed E-state index contributed by atoms with van der Waals surface area (Å²) in [5.41, 5.74) is 4.28. The molecule has 3 N–H and O–H groups in total. The van der Waals surface area contributed by atoms with E-state index in [2.05, 4.69) is 17.5 Å². The lowest BCUT2D eigenvalue weighted by atomic mass is 10.1. The van der Waals surface area contributed by atoms with E-state index in [0.717, 1.165) is 12.1 Å². The minimum atomic E-state index is -4.54. The lowest BCUT2D eigenvalue weighted by Gasteiger charge is -2.13. The molecule has 0 aliphatic heterocycles.